The molecule has 2 nitrogen and oxygen atoms in total. The van der Waals surface area contributed by atoms with Gasteiger partial charge in [0.15, 0.2) is 0 Å². The van der Waals surface area contributed by atoms with Crippen molar-refractivity contribution in [3.63, 3.8) is 0 Å². The van der Waals surface area contributed by atoms with Gasteiger partial charge in [-0.15, -0.1) is 49.4 Å². The van der Waals surface area contributed by atoms with E-state index < -0.39 is 10.8 Å². The number of carbonyl (C=O) groups excluding carboxylic acids is 2. The summed E-state index contributed by atoms with van der Waals surface area (Å²) < 4.78 is 0. The average Bonchev–Trinajstić information content (AvgIpc) is 2.37. The first-order chi connectivity index (χ1) is 9.50. The molecule has 0 heterocycles. The van der Waals surface area contributed by atoms with Crippen LogP contribution in [0.1, 0.15) is 38.5 Å². The van der Waals surface area contributed by atoms with Gasteiger partial charge in [-0.1, -0.05) is 0 Å². The molecule has 0 aromatic heterocycles. The lowest BCUT2D eigenvalue weighted by atomic mass is 9.56. The Balaban J connectivity index is 3.37. The molecular formula is C18H16O2. The van der Waals surface area contributed by atoms with E-state index in [1.807, 2.05) is 0 Å². The van der Waals surface area contributed by atoms with Gasteiger partial charge in [0.2, 0.25) is 0 Å². The first-order valence-electron chi connectivity index (χ1n) is 6.31. The molecule has 1 aliphatic carbocycles. The maximum Gasteiger partial charge on any atom is 0.149 e. The summed E-state index contributed by atoms with van der Waals surface area (Å²) in [7, 11) is 0. The Kier molecular flexibility index (Phi) is 4.81. The molecule has 2 heteroatoms. The van der Waals surface area contributed by atoms with Gasteiger partial charge in [0.1, 0.15) is 11.6 Å². The Morgan fingerprint density at radius 2 is 1.05 bits per heavy atom. The zero-order valence-corrected chi connectivity index (χ0v) is 11.4. The molecule has 1 saturated carbocycles. The van der Waals surface area contributed by atoms with Crippen LogP contribution in [0.5, 0.6) is 0 Å². The largest absolute Gasteiger partial charge is 0.300 e. The molecule has 0 aromatic carbocycles. The van der Waals surface area contributed by atoms with E-state index in [1.165, 1.54) is 0 Å². The third-order valence-corrected chi connectivity index (χ3v) is 3.80. The fourth-order valence-electron chi connectivity index (χ4n) is 3.02. The van der Waals surface area contributed by atoms with Crippen molar-refractivity contribution >= 4 is 11.6 Å². The number of hydrogen-bond donors (Lipinski definition) is 0. The van der Waals surface area contributed by atoms with Crippen molar-refractivity contribution < 1.29 is 9.59 Å². The Labute approximate surface area is 120 Å². The molecule has 0 radical (unpaired) electrons. The minimum absolute atomic E-state index is 0.0550. The number of hydrogen-bond acceptors (Lipinski definition) is 2. The number of Topliss-reactive ketones (excluding diaryl/α,β-unsaturated/α-hetero) is 2. The highest BCUT2D eigenvalue weighted by atomic mass is 16.1. The van der Waals surface area contributed by atoms with Crippen LogP contribution in [0, 0.1) is 60.2 Å². The lowest BCUT2D eigenvalue weighted by Gasteiger charge is -2.43. The molecule has 20 heavy (non-hydrogen) atoms. The van der Waals surface area contributed by atoms with Gasteiger partial charge in [0.25, 0.3) is 0 Å². The standard InChI is InChI=1S/C18H16O2/c1-5-9-17(10-6-2)13-15(19)14-18(11-7-3,12-8-4)16(17)20/h1-4H,9-14H2. The van der Waals surface area contributed by atoms with E-state index in [9.17, 15) is 9.59 Å². The smallest absolute Gasteiger partial charge is 0.149 e. The topological polar surface area (TPSA) is 34.1 Å². The Hall–Kier alpha value is -2.42. The van der Waals surface area contributed by atoms with Crippen molar-refractivity contribution in [3.8, 4) is 49.4 Å². The number of carbonyl (C=O) groups is 2. The van der Waals surface area contributed by atoms with Crippen LogP contribution in [-0.2, 0) is 9.59 Å². The average molecular weight is 264 g/mol. The quantitative estimate of drug-likeness (QED) is 0.728. The molecule has 0 saturated heterocycles. The maximum absolute atomic E-state index is 12.9. The number of ketones is 2. The molecule has 0 aromatic rings. The summed E-state index contributed by atoms with van der Waals surface area (Å²) in [5.74, 6) is 9.66. The van der Waals surface area contributed by atoms with Crippen molar-refractivity contribution in [3.05, 3.63) is 0 Å². The summed E-state index contributed by atoms with van der Waals surface area (Å²) in [5.41, 5.74) is -2.01. The van der Waals surface area contributed by atoms with Crippen LogP contribution in [0.4, 0.5) is 0 Å². The zero-order valence-electron chi connectivity index (χ0n) is 11.4. The van der Waals surface area contributed by atoms with E-state index in [-0.39, 0.29) is 50.1 Å². The molecule has 100 valence electrons. The van der Waals surface area contributed by atoms with E-state index in [0.717, 1.165) is 0 Å². The van der Waals surface area contributed by atoms with Gasteiger partial charge in [-0.05, 0) is 0 Å². The Morgan fingerprint density at radius 3 is 1.30 bits per heavy atom. The van der Waals surface area contributed by atoms with Crippen molar-refractivity contribution in [2.45, 2.75) is 38.5 Å². The molecule has 0 atom stereocenters. The molecule has 0 bridgehead atoms. The van der Waals surface area contributed by atoms with Crippen LogP contribution >= 0.6 is 0 Å². The molecule has 0 aliphatic heterocycles. The normalized spacial score (nSPS) is 19.2. The third-order valence-electron chi connectivity index (χ3n) is 3.80. The molecule has 0 unspecified atom stereocenters. The van der Waals surface area contributed by atoms with Crippen LogP contribution < -0.4 is 0 Å². The van der Waals surface area contributed by atoms with Gasteiger partial charge < -0.3 is 0 Å². The zero-order chi connectivity index (χ0) is 15.2. The first-order valence-corrected chi connectivity index (χ1v) is 6.31. The van der Waals surface area contributed by atoms with Crippen LogP contribution in [0.3, 0.4) is 0 Å². The van der Waals surface area contributed by atoms with Crippen LogP contribution in [0.15, 0.2) is 0 Å². The van der Waals surface area contributed by atoms with Gasteiger partial charge in [-0.25, -0.2) is 0 Å². The van der Waals surface area contributed by atoms with E-state index >= 15 is 0 Å². The Morgan fingerprint density at radius 1 is 0.750 bits per heavy atom. The molecule has 0 N–H and O–H groups in total. The van der Waals surface area contributed by atoms with Gasteiger partial charge in [0.05, 0.1) is 10.8 Å². The predicted molar refractivity (Wildman–Crippen MR) is 77.9 cm³/mol. The SMILES string of the molecule is C#CCC1(CC#C)CC(=O)CC(CC#C)(CC#C)C1=O. The number of rotatable bonds is 4. The van der Waals surface area contributed by atoms with Crippen molar-refractivity contribution in [1.29, 1.82) is 0 Å². The second-order valence-corrected chi connectivity index (χ2v) is 5.31. The molecule has 0 amide bonds. The second-order valence-electron chi connectivity index (χ2n) is 5.31. The van der Waals surface area contributed by atoms with Crippen LogP contribution in [0.2, 0.25) is 0 Å². The van der Waals surface area contributed by atoms with E-state index in [0.29, 0.717) is 0 Å². The fraction of sp³-hybridized carbons (Fsp3) is 0.444. The van der Waals surface area contributed by atoms with Crippen molar-refractivity contribution in [2.24, 2.45) is 10.8 Å². The second kappa shape index (κ2) is 6.15. The highest BCUT2D eigenvalue weighted by molar-refractivity contribution is 6.02. The number of terminal acetylenes is 4. The van der Waals surface area contributed by atoms with Gasteiger partial charge in [-0.3, -0.25) is 9.59 Å². The molecule has 1 rings (SSSR count). The summed E-state index contributed by atoms with van der Waals surface area (Å²) in [6.07, 6.45) is 22.1. The highest BCUT2D eigenvalue weighted by Crippen LogP contribution is 2.48. The maximum atomic E-state index is 12.9. The van der Waals surface area contributed by atoms with E-state index in [2.05, 4.69) is 23.7 Å². The van der Waals surface area contributed by atoms with Gasteiger partial charge >= 0.3 is 0 Å². The van der Waals surface area contributed by atoms with E-state index in [4.69, 9.17) is 25.7 Å². The summed E-state index contributed by atoms with van der Waals surface area (Å²) in [6, 6.07) is 0. The minimum atomic E-state index is -1.01. The van der Waals surface area contributed by atoms with Crippen LogP contribution in [0.25, 0.3) is 0 Å². The summed E-state index contributed by atoms with van der Waals surface area (Å²) >= 11 is 0. The van der Waals surface area contributed by atoms with Crippen LogP contribution in [-0.4, -0.2) is 11.6 Å². The third kappa shape index (κ3) is 2.62. The first kappa shape index (κ1) is 15.6. The molecule has 0 spiro atoms. The summed E-state index contributed by atoms with van der Waals surface area (Å²) in [4.78, 5) is 25.1. The lowest BCUT2D eigenvalue weighted by Crippen LogP contribution is -2.50. The summed E-state index contributed by atoms with van der Waals surface area (Å²) in [5, 5.41) is 0. The van der Waals surface area contributed by atoms with Crippen molar-refractivity contribution in [2.75, 3.05) is 0 Å². The van der Waals surface area contributed by atoms with E-state index in [1.54, 1.807) is 0 Å². The van der Waals surface area contributed by atoms with Gasteiger partial charge in [-0.2, -0.15) is 0 Å². The monoisotopic (exact) mass is 264 g/mol. The fourth-order valence-corrected chi connectivity index (χ4v) is 3.02. The summed E-state index contributed by atoms with van der Waals surface area (Å²) in [6.45, 7) is 0. The Bertz CT molecular complexity index is 499. The van der Waals surface area contributed by atoms with Gasteiger partial charge in [0, 0.05) is 38.5 Å². The molecule has 1 fully saturated rings. The predicted octanol–water partition coefficient (Wildman–Crippen LogP) is 1.98. The molecular weight excluding hydrogens is 248 g/mol. The minimum Gasteiger partial charge on any atom is -0.300 e. The molecule has 1 aliphatic rings. The lowest BCUT2D eigenvalue weighted by molar-refractivity contribution is -0.150. The highest BCUT2D eigenvalue weighted by Gasteiger charge is 2.54. The van der Waals surface area contributed by atoms with Crippen molar-refractivity contribution in [1.82, 2.24) is 0 Å².